The van der Waals surface area contributed by atoms with Gasteiger partial charge in [0.2, 0.25) is 0 Å². The van der Waals surface area contributed by atoms with Crippen LogP contribution in [0, 0.1) is 5.82 Å². The summed E-state index contributed by atoms with van der Waals surface area (Å²) < 4.78 is 13.1. The Hall–Kier alpha value is -2.04. The van der Waals surface area contributed by atoms with Crippen LogP contribution in [0.3, 0.4) is 0 Å². The second-order valence-electron chi connectivity index (χ2n) is 5.89. The number of ketones is 1. The Morgan fingerprint density at radius 2 is 1.70 bits per heavy atom. The maximum atomic E-state index is 13.1. The van der Waals surface area contributed by atoms with E-state index in [-0.39, 0.29) is 17.5 Å². The molecule has 0 bridgehead atoms. The van der Waals surface area contributed by atoms with Gasteiger partial charge >= 0.3 is 0 Å². The lowest BCUT2D eigenvalue weighted by atomic mass is 9.90. The third-order valence-corrected chi connectivity index (χ3v) is 4.30. The number of benzene rings is 2. The highest BCUT2D eigenvalue weighted by atomic mass is 19.1. The van der Waals surface area contributed by atoms with Gasteiger partial charge in [0.25, 0.3) is 0 Å². The summed E-state index contributed by atoms with van der Waals surface area (Å²) in [5.41, 5.74) is 1.58. The van der Waals surface area contributed by atoms with E-state index in [1.807, 2.05) is 30.3 Å². The van der Waals surface area contributed by atoms with Gasteiger partial charge in [-0.2, -0.15) is 0 Å². The first kappa shape index (κ1) is 15.8. The smallest absolute Gasteiger partial charge is 0.171 e. The van der Waals surface area contributed by atoms with Crippen LogP contribution >= 0.6 is 0 Å². The number of halogens is 1. The first-order chi connectivity index (χ1) is 11.2. The van der Waals surface area contributed by atoms with Crippen molar-refractivity contribution >= 4 is 5.78 Å². The third-order valence-electron chi connectivity index (χ3n) is 4.30. The lowest BCUT2D eigenvalue weighted by Crippen LogP contribution is -2.45. The van der Waals surface area contributed by atoms with Crippen molar-refractivity contribution in [2.45, 2.75) is 5.92 Å². The Morgan fingerprint density at radius 3 is 2.35 bits per heavy atom. The highest BCUT2D eigenvalue weighted by molar-refractivity contribution is 6.01. The van der Waals surface area contributed by atoms with Gasteiger partial charge in [-0.3, -0.25) is 9.69 Å². The highest BCUT2D eigenvalue weighted by Crippen LogP contribution is 2.23. The van der Waals surface area contributed by atoms with E-state index in [2.05, 4.69) is 10.2 Å². The van der Waals surface area contributed by atoms with E-state index in [4.69, 9.17) is 0 Å². The monoisotopic (exact) mass is 312 g/mol. The summed E-state index contributed by atoms with van der Waals surface area (Å²) in [5.74, 6) is -0.491. The Kier molecular flexibility index (Phi) is 5.16. The molecule has 1 fully saturated rings. The Balaban J connectivity index is 1.84. The van der Waals surface area contributed by atoms with Gasteiger partial charge in [0.1, 0.15) is 5.82 Å². The van der Waals surface area contributed by atoms with Gasteiger partial charge in [-0.25, -0.2) is 4.39 Å². The fourth-order valence-electron chi connectivity index (χ4n) is 2.99. The standard InChI is InChI=1S/C19H21FN2O/c20-17-8-6-16(7-9-17)19(23)18(15-4-2-1-3-5-15)14-22-12-10-21-11-13-22/h1-9,18,21H,10-14H2. The van der Waals surface area contributed by atoms with Crippen molar-refractivity contribution in [3.63, 3.8) is 0 Å². The van der Waals surface area contributed by atoms with Crippen LogP contribution in [-0.2, 0) is 0 Å². The van der Waals surface area contributed by atoms with Gasteiger partial charge in [-0.05, 0) is 29.8 Å². The Morgan fingerprint density at radius 1 is 1.04 bits per heavy atom. The summed E-state index contributed by atoms with van der Waals surface area (Å²) in [4.78, 5) is 15.3. The first-order valence-corrected chi connectivity index (χ1v) is 8.02. The summed E-state index contributed by atoms with van der Waals surface area (Å²) in [6.45, 7) is 4.49. The molecular weight excluding hydrogens is 291 g/mol. The molecule has 0 amide bonds. The van der Waals surface area contributed by atoms with Gasteiger partial charge in [-0.15, -0.1) is 0 Å². The van der Waals surface area contributed by atoms with Crippen LogP contribution in [0.2, 0.25) is 0 Å². The predicted octanol–water partition coefficient (Wildman–Crippen LogP) is 2.70. The summed E-state index contributed by atoms with van der Waals surface area (Å²) in [5, 5.41) is 3.33. The van der Waals surface area contributed by atoms with Crippen LogP contribution in [0.5, 0.6) is 0 Å². The number of nitrogens with one attached hydrogen (secondary N) is 1. The number of Topliss-reactive ketones (excluding diaryl/α,β-unsaturated/α-hetero) is 1. The van der Waals surface area contributed by atoms with E-state index in [0.29, 0.717) is 12.1 Å². The molecule has 1 heterocycles. The largest absolute Gasteiger partial charge is 0.314 e. The molecular formula is C19H21FN2O. The normalized spacial score (nSPS) is 16.9. The van der Waals surface area contributed by atoms with E-state index in [9.17, 15) is 9.18 Å². The van der Waals surface area contributed by atoms with Crippen LogP contribution in [0.25, 0.3) is 0 Å². The molecule has 0 spiro atoms. The predicted molar refractivity (Wildman–Crippen MR) is 89.2 cm³/mol. The van der Waals surface area contributed by atoms with Gasteiger partial charge in [0, 0.05) is 38.3 Å². The first-order valence-electron chi connectivity index (χ1n) is 8.02. The van der Waals surface area contributed by atoms with Crippen molar-refractivity contribution in [3.05, 3.63) is 71.5 Å². The van der Waals surface area contributed by atoms with Gasteiger partial charge < -0.3 is 5.32 Å². The fraction of sp³-hybridized carbons (Fsp3) is 0.316. The van der Waals surface area contributed by atoms with Crippen LogP contribution in [-0.4, -0.2) is 43.4 Å². The molecule has 2 aromatic rings. The molecule has 23 heavy (non-hydrogen) atoms. The van der Waals surface area contributed by atoms with E-state index in [1.54, 1.807) is 12.1 Å². The molecule has 0 saturated carbocycles. The molecule has 1 saturated heterocycles. The van der Waals surface area contributed by atoms with Crippen LogP contribution < -0.4 is 5.32 Å². The quantitative estimate of drug-likeness (QED) is 0.862. The maximum absolute atomic E-state index is 13.1. The summed E-state index contributed by atoms with van der Waals surface area (Å²) in [6.07, 6.45) is 0. The molecule has 1 aliphatic rings. The van der Waals surface area contributed by atoms with Gasteiger partial charge in [0.05, 0.1) is 5.92 Å². The molecule has 2 aromatic carbocycles. The van der Waals surface area contributed by atoms with Crippen LogP contribution in [0.1, 0.15) is 21.8 Å². The maximum Gasteiger partial charge on any atom is 0.171 e. The molecule has 0 radical (unpaired) electrons. The molecule has 1 unspecified atom stereocenters. The molecule has 0 aliphatic carbocycles. The topological polar surface area (TPSA) is 32.3 Å². The second-order valence-corrected chi connectivity index (χ2v) is 5.89. The van der Waals surface area contributed by atoms with Gasteiger partial charge in [-0.1, -0.05) is 30.3 Å². The zero-order chi connectivity index (χ0) is 16.1. The molecule has 1 aliphatic heterocycles. The lowest BCUT2D eigenvalue weighted by Gasteiger charge is -2.30. The molecule has 3 nitrogen and oxygen atoms in total. The number of carbonyl (C=O) groups is 1. The Labute approximate surface area is 136 Å². The minimum Gasteiger partial charge on any atom is -0.314 e. The molecule has 4 heteroatoms. The van der Waals surface area contributed by atoms with E-state index >= 15 is 0 Å². The van der Waals surface area contributed by atoms with Crippen molar-refractivity contribution in [1.29, 1.82) is 0 Å². The average molecular weight is 312 g/mol. The Bertz CT molecular complexity index is 636. The summed E-state index contributed by atoms with van der Waals surface area (Å²) in [6, 6.07) is 15.7. The second kappa shape index (κ2) is 7.49. The fourth-order valence-corrected chi connectivity index (χ4v) is 2.99. The molecule has 1 N–H and O–H groups in total. The number of hydrogen-bond donors (Lipinski definition) is 1. The number of hydrogen-bond acceptors (Lipinski definition) is 3. The van der Waals surface area contributed by atoms with E-state index in [0.717, 1.165) is 31.7 Å². The number of piperazine rings is 1. The average Bonchev–Trinajstić information content (AvgIpc) is 2.61. The summed E-state index contributed by atoms with van der Waals surface area (Å²) in [7, 11) is 0. The van der Waals surface area contributed by atoms with Gasteiger partial charge in [0.15, 0.2) is 5.78 Å². The minimum atomic E-state index is -0.320. The SMILES string of the molecule is O=C(c1ccc(F)cc1)C(CN1CCNCC1)c1ccccc1. The minimum absolute atomic E-state index is 0.0507. The lowest BCUT2D eigenvalue weighted by molar-refractivity contribution is 0.0928. The number of nitrogens with zero attached hydrogens (tertiary/aromatic N) is 1. The number of rotatable bonds is 5. The van der Waals surface area contributed by atoms with Crippen molar-refractivity contribution in [2.75, 3.05) is 32.7 Å². The van der Waals surface area contributed by atoms with Crippen molar-refractivity contribution < 1.29 is 9.18 Å². The van der Waals surface area contributed by atoms with E-state index in [1.165, 1.54) is 12.1 Å². The zero-order valence-corrected chi connectivity index (χ0v) is 13.0. The molecule has 3 rings (SSSR count). The number of carbonyl (C=O) groups excluding carboxylic acids is 1. The van der Waals surface area contributed by atoms with E-state index < -0.39 is 0 Å². The van der Waals surface area contributed by atoms with Crippen LogP contribution in [0.15, 0.2) is 54.6 Å². The molecule has 120 valence electrons. The van der Waals surface area contributed by atoms with Crippen molar-refractivity contribution in [1.82, 2.24) is 10.2 Å². The molecule has 1 atom stereocenters. The molecule has 0 aromatic heterocycles. The highest BCUT2D eigenvalue weighted by Gasteiger charge is 2.25. The zero-order valence-electron chi connectivity index (χ0n) is 13.0. The van der Waals surface area contributed by atoms with Crippen molar-refractivity contribution in [3.8, 4) is 0 Å². The van der Waals surface area contributed by atoms with Crippen LogP contribution in [0.4, 0.5) is 4.39 Å². The summed E-state index contributed by atoms with van der Waals surface area (Å²) >= 11 is 0. The third kappa shape index (κ3) is 4.03. The van der Waals surface area contributed by atoms with Crippen molar-refractivity contribution in [2.24, 2.45) is 0 Å².